The Morgan fingerprint density at radius 3 is 2.59 bits per heavy atom. The maximum absolute atomic E-state index is 13.2. The average Bonchev–Trinajstić information content (AvgIpc) is 3.20. The lowest BCUT2D eigenvalue weighted by atomic mass is 9.99. The average molecular weight is 400 g/mol. The number of nitriles is 1. The van der Waals surface area contributed by atoms with Crippen LogP contribution in [0.1, 0.15) is 35.6 Å². The van der Waals surface area contributed by atoms with Crippen molar-refractivity contribution in [2.24, 2.45) is 0 Å². The highest BCUT2D eigenvalue weighted by atomic mass is 19.4. The second-order valence-electron chi connectivity index (χ2n) is 6.69. The van der Waals surface area contributed by atoms with Gasteiger partial charge in [0.2, 0.25) is 0 Å². The van der Waals surface area contributed by atoms with Crippen molar-refractivity contribution >= 4 is 12.0 Å². The van der Waals surface area contributed by atoms with E-state index in [1.165, 1.54) is 24.2 Å². The van der Waals surface area contributed by atoms with Crippen LogP contribution in [0.15, 0.2) is 54.1 Å². The summed E-state index contributed by atoms with van der Waals surface area (Å²) in [6.45, 7) is 0.358. The van der Waals surface area contributed by atoms with Crippen LogP contribution in [0.5, 0.6) is 5.75 Å². The first kappa shape index (κ1) is 20.5. The topological polar surface area (TPSA) is 53.3 Å². The standard InChI is InChI=1S/C22H19F3N2O2/c1-29-20-10-9-17(22(23,24)25)13-18(20)19-8-5-11-27(19)21(28)16(14-26)12-15-6-3-2-4-7-15/h2-4,6-7,9-10,12-13,19H,5,8,11H2,1H3/b16-12+. The number of likely N-dealkylation sites (tertiary alicyclic amines) is 1. The first-order valence-electron chi connectivity index (χ1n) is 9.08. The van der Waals surface area contributed by atoms with E-state index in [1.54, 1.807) is 24.3 Å². The van der Waals surface area contributed by atoms with E-state index in [0.717, 1.165) is 12.1 Å². The number of methoxy groups -OCH3 is 1. The number of benzene rings is 2. The summed E-state index contributed by atoms with van der Waals surface area (Å²) in [4.78, 5) is 14.5. The highest BCUT2D eigenvalue weighted by Crippen LogP contribution is 2.41. The van der Waals surface area contributed by atoms with Crippen molar-refractivity contribution in [3.63, 3.8) is 0 Å². The summed E-state index contributed by atoms with van der Waals surface area (Å²) in [7, 11) is 1.38. The Kier molecular flexibility index (Phi) is 5.92. The summed E-state index contributed by atoms with van der Waals surface area (Å²) >= 11 is 0. The van der Waals surface area contributed by atoms with Gasteiger partial charge in [0.1, 0.15) is 17.4 Å². The van der Waals surface area contributed by atoms with E-state index in [1.807, 2.05) is 12.1 Å². The molecule has 1 fully saturated rings. The monoisotopic (exact) mass is 400 g/mol. The van der Waals surface area contributed by atoms with Crippen LogP contribution < -0.4 is 4.74 Å². The number of hydrogen-bond donors (Lipinski definition) is 0. The molecular formula is C22H19F3N2O2. The molecule has 0 saturated carbocycles. The Hall–Kier alpha value is -3.27. The number of nitrogens with zero attached hydrogens (tertiary/aromatic N) is 2. The van der Waals surface area contributed by atoms with Gasteiger partial charge in [0.25, 0.3) is 5.91 Å². The molecule has 1 heterocycles. The number of carbonyl (C=O) groups is 1. The quantitative estimate of drug-likeness (QED) is 0.537. The minimum absolute atomic E-state index is 0.0611. The van der Waals surface area contributed by atoms with Gasteiger partial charge in [-0.1, -0.05) is 30.3 Å². The van der Waals surface area contributed by atoms with Gasteiger partial charge in [0, 0.05) is 12.1 Å². The summed E-state index contributed by atoms with van der Waals surface area (Å²) in [5, 5.41) is 9.49. The predicted molar refractivity (Wildman–Crippen MR) is 102 cm³/mol. The van der Waals surface area contributed by atoms with Crippen LogP contribution in [0.2, 0.25) is 0 Å². The zero-order chi connectivity index (χ0) is 21.0. The maximum Gasteiger partial charge on any atom is 0.416 e. The second kappa shape index (κ2) is 8.39. The number of halogens is 3. The fourth-order valence-electron chi connectivity index (χ4n) is 3.52. The van der Waals surface area contributed by atoms with Crippen LogP contribution in [0.25, 0.3) is 6.08 Å². The summed E-state index contributed by atoms with van der Waals surface area (Å²) < 4.78 is 44.8. The van der Waals surface area contributed by atoms with Crippen LogP contribution in [0, 0.1) is 11.3 Å². The molecule has 7 heteroatoms. The Morgan fingerprint density at radius 1 is 1.24 bits per heavy atom. The molecule has 0 N–H and O–H groups in total. The molecule has 29 heavy (non-hydrogen) atoms. The third-order valence-corrected chi connectivity index (χ3v) is 4.89. The third kappa shape index (κ3) is 4.43. The lowest BCUT2D eigenvalue weighted by Crippen LogP contribution is -2.31. The summed E-state index contributed by atoms with van der Waals surface area (Å²) in [6, 6.07) is 13.5. The van der Waals surface area contributed by atoms with Crippen LogP contribution in [0.3, 0.4) is 0 Å². The van der Waals surface area contributed by atoms with Crippen molar-refractivity contribution in [3.05, 3.63) is 70.8 Å². The Balaban J connectivity index is 1.97. The van der Waals surface area contributed by atoms with Crippen molar-refractivity contribution in [1.29, 1.82) is 5.26 Å². The lowest BCUT2D eigenvalue weighted by Gasteiger charge is -2.27. The molecule has 0 radical (unpaired) electrons. The van der Waals surface area contributed by atoms with Crippen LogP contribution in [-0.2, 0) is 11.0 Å². The van der Waals surface area contributed by atoms with Crippen molar-refractivity contribution in [2.45, 2.75) is 25.1 Å². The first-order chi connectivity index (χ1) is 13.8. The molecule has 150 valence electrons. The summed E-state index contributed by atoms with van der Waals surface area (Å²) in [5.74, 6) is -0.216. The van der Waals surface area contributed by atoms with E-state index in [-0.39, 0.29) is 11.3 Å². The van der Waals surface area contributed by atoms with Crippen molar-refractivity contribution in [1.82, 2.24) is 4.90 Å². The molecule has 1 atom stereocenters. The number of carbonyl (C=O) groups excluding carboxylic acids is 1. The van der Waals surface area contributed by atoms with Gasteiger partial charge >= 0.3 is 6.18 Å². The number of hydrogen-bond acceptors (Lipinski definition) is 3. The number of ether oxygens (including phenoxy) is 1. The summed E-state index contributed by atoms with van der Waals surface area (Å²) in [5.41, 5.74) is 0.136. The fourth-order valence-corrected chi connectivity index (χ4v) is 3.52. The molecule has 0 aliphatic carbocycles. The molecule has 1 amide bonds. The molecule has 0 bridgehead atoms. The SMILES string of the molecule is COc1ccc(C(F)(F)F)cc1C1CCCN1C(=O)/C(C#N)=C/c1ccccc1. The van der Waals surface area contributed by atoms with E-state index in [9.17, 15) is 23.2 Å². The van der Waals surface area contributed by atoms with Gasteiger partial charge in [-0.2, -0.15) is 18.4 Å². The van der Waals surface area contributed by atoms with Crippen molar-refractivity contribution < 1.29 is 22.7 Å². The lowest BCUT2D eigenvalue weighted by molar-refractivity contribution is -0.137. The Morgan fingerprint density at radius 2 is 1.97 bits per heavy atom. The van der Waals surface area contributed by atoms with Crippen molar-refractivity contribution in [2.75, 3.05) is 13.7 Å². The predicted octanol–water partition coefficient (Wildman–Crippen LogP) is 4.98. The number of rotatable bonds is 4. The molecular weight excluding hydrogens is 381 g/mol. The molecule has 1 aliphatic rings. The molecule has 2 aromatic rings. The van der Waals surface area contributed by atoms with Crippen molar-refractivity contribution in [3.8, 4) is 11.8 Å². The van der Waals surface area contributed by atoms with Gasteiger partial charge in [0.05, 0.1) is 18.7 Å². The minimum atomic E-state index is -4.50. The second-order valence-corrected chi connectivity index (χ2v) is 6.69. The van der Waals surface area contributed by atoms with E-state index >= 15 is 0 Å². The molecule has 0 aromatic heterocycles. The molecule has 0 spiro atoms. The van der Waals surface area contributed by atoms with Gasteiger partial charge in [-0.15, -0.1) is 0 Å². The highest BCUT2D eigenvalue weighted by molar-refractivity contribution is 6.02. The molecule has 1 aliphatic heterocycles. The smallest absolute Gasteiger partial charge is 0.416 e. The minimum Gasteiger partial charge on any atom is -0.496 e. The van der Waals surface area contributed by atoms with E-state index in [2.05, 4.69) is 0 Å². The first-order valence-corrected chi connectivity index (χ1v) is 9.08. The van der Waals surface area contributed by atoms with Crippen LogP contribution >= 0.6 is 0 Å². The maximum atomic E-state index is 13.2. The van der Waals surface area contributed by atoms with Crippen LogP contribution in [-0.4, -0.2) is 24.5 Å². The number of amides is 1. The van der Waals surface area contributed by atoms with Gasteiger partial charge in [-0.3, -0.25) is 4.79 Å². The third-order valence-electron chi connectivity index (χ3n) is 4.89. The van der Waals surface area contributed by atoms with E-state index in [4.69, 9.17) is 4.74 Å². The largest absolute Gasteiger partial charge is 0.496 e. The molecule has 3 rings (SSSR count). The van der Waals surface area contributed by atoms with E-state index < -0.39 is 23.7 Å². The van der Waals surface area contributed by atoms with Gasteiger partial charge in [-0.05, 0) is 42.7 Å². The van der Waals surface area contributed by atoms with Gasteiger partial charge < -0.3 is 9.64 Å². The zero-order valence-corrected chi connectivity index (χ0v) is 15.7. The Labute approximate surface area is 166 Å². The molecule has 4 nitrogen and oxygen atoms in total. The molecule has 2 aromatic carbocycles. The van der Waals surface area contributed by atoms with E-state index in [0.29, 0.717) is 30.5 Å². The number of alkyl halides is 3. The normalized spacial score (nSPS) is 17.1. The zero-order valence-electron chi connectivity index (χ0n) is 15.7. The fraction of sp³-hybridized carbons (Fsp3) is 0.273. The highest BCUT2D eigenvalue weighted by Gasteiger charge is 2.36. The molecule has 1 unspecified atom stereocenters. The van der Waals surface area contributed by atoms with Gasteiger partial charge in [-0.25, -0.2) is 0 Å². The van der Waals surface area contributed by atoms with Gasteiger partial charge in [0.15, 0.2) is 0 Å². The Bertz CT molecular complexity index is 962. The van der Waals surface area contributed by atoms with Crippen LogP contribution in [0.4, 0.5) is 13.2 Å². The molecule has 1 saturated heterocycles. The summed E-state index contributed by atoms with van der Waals surface area (Å²) in [6.07, 6.45) is -1.89.